The predicted octanol–water partition coefficient (Wildman–Crippen LogP) is -0.284. The van der Waals surface area contributed by atoms with Gasteiger partial charge >= 0.3 is 12.0 Å². The highest BCUT2D eigenvalue weighted by atomic mass is 16.4. The van der Waals surface area contributed by atoms with Crippen molar-refractivity contribution in [3.63, 3.8) is 0 Å². The van der Waals surface area contributed by atoms with Crippen LogP contribution >= 0.6 is 0 Å². The lowest BCUT2D eigenvalue weighted by Crippen LogP contribution is -2.37. The highest BCUT2D eigenvalue weighted by Gasteiger charge is 2.12. The summed E-state index contributed by atoms with van der Waals surface area (Å²) in [4.78, 5) is 25.6. The van der Waals surface area contributed by atoms with Gasteiger partial charge in [-0.2, -0.15) is 0 Å². The molecular formula is C11H15N3O4. The monoisotopic (exact) mass is 253 g/mol. The van der Waals surface area contributed by atoms with Crippen LogP contribution in [0.2, 0.25) is 0 Å². The van der Waals surface area contributed by atoms with Crippen LogP contribution in [-0.2, 0) is 11.3 Å². The summed E-state index contributed by atoms with van der Waals surface area (Å²) in [6.07, 6.45) is 0.130. The van der Waals surface area contributed by atoms with Crippen LogP contribution in [0.4, 0.5) is 4.79 Å². The van der Waals surface area contributed by atoms with E-state index in [1.165, 1.54) is 0 Å². The van der Waals surface area contributed by atoms with Crippen molar-refractivity contribution in [2.24, 2.45) is 0 Å². The van der Waals surface area contributed by atoms with Gasteiger partial charge in [0.1, 0.15) is 0 Å². The van der Waals surface area contributed by atoms with Crippen LogP contribution in [0.1, 0.15) is 12.1 Å². The standard InChI is InChI=1S/C11H15N3O4/c15-9(10(16)17)4-6-13-11(18)14-7-8-3-1-2-5-12-8/h1-3,5,9,15H,4,6-7H2,(H,16,17)(H2,13,14,18)/t9-/m0/s1. The third kappa shape index (κ3) is 5.26. The van der Waals surface area contributed by atoms with E-state index in [2.05, 4.69) is 15.6 Å². The van der Waals surface area contributed by atoms with Crippen molar-refractivity contribution in [1.29, 1.82) is 0 Å². The molecule has 0 aromatic carbocycles. The minimum absolute atomic E-state index is 0.0354. The molecule has 1 aromatic heterocycles. The van der Waals surface area contributed by atoms with Crippen LogP contribution in [0.25, 0.3) is 0 Å². The number of aromatic nitrogens is 1. The first-order valence-electron chi connectivity index (χ1n) is 5.42. The summed E-state index contributed by atoms with van der Waals surface area (Å²) in [5.74, 6) is -1.30. The van der Waals surface area contributed by atoms with E-state index in [1.807, 2.05) is 6.07 Å². The number of hydrogen-bond acceptors (Lipinski definition) is 4. The van der Waals surface area contributed by atoms with E-state index in [0.717, 1.165) is 5.69 Å². The Morgan fingerprint density at radius 2 is 2.11 bits per heavy atom. The van der Waals surface area contributed by atoms with Gasteiger partial charge < -0.3 is 20.8 Å². The van der Waals surface area contributed by atoms with E-state index in [1.54, 1.807) is 18.3 Å². The molecule has 18 heavy (non-hydrogen) atoms. The maximum atomic E-state index is 11.3. The summed E-state index contributed by atoms with van der Waals surface area (Å²) in [6.45, 7) is 0.371. The number of aliphatic hydroxyl groups excluding tert-OH is 1. The Morgan fingerprint density at radius 1 is 1.33 bits per heavy atom. The fourth-order valence-electron chi connectivity index (χ4n) is 1.18. The fourth-order valence-corrected chi connectivity index (χ4v) is 1.18. The maximum Gasteiger partial charge on any atom is 0.332 e. The molecule has 1 atom stereocenters. The average Bonchev–Trinajstić information content (AvgIpc) is 2.37. The smallest absolute Gasteiger partial charge is 0.332 e. The molecule has 0 bridgehead atoms. The molecular weight excluding hydrogens is 238 g/mol. The third-order valence-corrected chi connectivity index (χ3v) is 2.14. The second kappa shape index (κ2) is 7.23. The van der Waals surface area contributed by atoms with Crippen LogP contribution in [0.5, 0.6) is 0 Å². The zero-order chi connectivity index (χ0) is 13.4. The number of aliphatic hydroxyl groups is 1. The van der Waals surface area contributed by atoms with Crippen molar-refractivity contribution in [2.45, 2.75) is 19.1 Å². The highest BCUT2D eigenvalue weighted by Crippen LogP contribution is 1.92. The van der Waals surface area contributed by atoms with Crippen LogP contribution < -0.4 is 10.6 Å². The van der Waals surface area contributed by atoms with Crippen molar-refractivity contribution in [3.8, 4) is 0 Å². The second-order valence-electron chi connectivity index (χ2n) is 3.57. The Kier molecular flexibility index (Phi) is 5.59. The van der Waals surface area contributed by atoms with Gasteiger partial charge in [-0.3, -0.25) is 4.98 Å². The van der Waals surface area contributed by atoms with Crippen LogP contribution in [0, 0.1) is 0 Å². The molecule has 0 radical (unpaired) electrons. The fraction of sp³-hybridized carbons (Fsp3) is 0.364. The van der Waals surface area contributed by atoms with Gasteiger partial charge in [0.15, 0.2) is 6.10 Å². The maximum absolute atomic E-state index is 11.3. The van der Waals surface area contributed by atoms with Gasteiger partial charge in [-0.15, -0.1) is 0 Å². The minimum atomic E-state index is -1.46. The number of aliphatic carboxylic acids is 1. The van der Waals surface area contributed by atoms with E-state index in [0.29, 0.717) is 0 Å². The Morgan fingerprint density at radius 3 is 2.72 bits per heavy atom. The summed E-state index contributed by atoms with van der Waals surface area (Å²) >= 11 is 0. The second-order valence-corrected chi connectivity index (χ2v) is 3.57. The molecule has 7 heteroatoms. The van der Waals surface area contributed by atoms with Gasteiger partial charge in [-0.05, 0) is 12.1 Å². The zero-order valence-corrected chi connectivity index (χ0v) is 9.67. The summed E-state index contributed by atoms with van der Waals surface area (Å²) in [5, 5.41) is 22.4. The quantitative estimate of drug-likeness (QED) is 0.557. The van der Waals surface area contributed by atoms with Gasteiger partial charge in [0.2, 0.25) is 0 Å². The van der Waals surface area contributed by atoms with E-state index in [4.69, 9.17) is 10.2 Å². The van der Waals surface area contributed by atoms with Gasteiger partial charge in [0, 0.05) is 19.2 Å². The van der Waals surface area contributed by atoms with Crippen molar-refractivity contribution < 1.29 is 19.8 Å². The molecule has 0 saturated heterocycles. The molecule has 1 aromatic rings. The molecule has 4 N–H and O–H groups in total. The molecule has 0 aliphatic heterocycles. The first kappa shape index (κ1) is 13.9. The van der Waals surface area contributed by atoms with Crippen LogP contribution in [0.15, 0.2) is 24.4 Å². The van der Waals surface area contributed by atoms with E-state index >= 15 is 0 Å². The van der Waals surface area contributed by atoms with Gasteiger partial charge in [-0.25, -0.2) is 9.59 Å². The number of rotatable bonds is 6. The largest absolute Gasteiger partial charge is 0.479 e. The zero-order valence-electron chi connectivity index (χ0n) is 9.67. The lowest BCUT2D eigenvalue weighted by molar-refractivity contribution is -0.146. The predicted molar refractivity (Wildman–Crippen MR) is 62.7 cm³/mol. The average molecular weight is 253 g/mol. The molecule has 7 nitrogen and oxygen atoms in total. The van der Waals surface area contributed by atoms with E-state index in [9.17, 15) is 9.59 Å². The van der Waals surface area contributed by atoms with E-state index in [-0.39, 0.29) is 19.5 Å². The Hall–Kier alpha value is -2.15. The Bertz CT molecular complexity index is 397. The summed E-state index contributed by atoms with van der Waals surface area (Å²) in [6, 6.07) is 4.93. The molecule has 0 spiro atoms. The van der Waals surface area contributed by atoms with Crippen LogP contribution in [0.3, 0.4) is 0 Å². The third-order valence-electron chi connectivity index (χ3n) is 2.14. The molecule has 1 heterocycles. The van der Waals surface area contributed by atoms with Crippen LogP contribution in [-0.4, -0.2) is 39.8 Å². The lowest BCUT2D eigenvalue weighted by Gasteiger charge is -2.08. The normalized spacial score (nSPS) is 11.6. The molecule has 0 aliphatic rings. The number of amides is 2. The summed E-state index contributed by atoms with van der Waals surface area (Å²) in [5.41, 5.74) is 0.721. The lowest BCUT2D eigenvalue weighted by atomic mass is 10.2. The highest BCUT2D eigenvalue weighted by molar-refractivity contribution is 5.74. The van der Waals surface area contributed by atoms with Crippen molar-refractivity contribution in [2.75, 3.05) is 6.54 Å². The topological polar surface area (TPSA) is 112 Å². The molecule has 2 amide bonds. The number of hydrogen-bond donors (Lipinski definition) is 4. The molecule has 0 saturated carbocycles. The molecule has 0 unspecified atom stereocenters. The minimum Gasteiger partial charge on any atom is -0.479 e. The molecule has 0 fully saturated rings. The number of pyridine rings is 1. The Labute approximate surface area is 104 Å². The van der Waals surface area contributed by atoms with Crippen molar-refractivity contribution in [3.05, 3.63) is 30.1 Å². The van der Waals surface area contributed by atoms with Gasteiger partial charge in [0.25, 0.3) is 0 Å². The van der Waals surface area contributed by atoms with E-state index < -0.39 is 18.1 Å². The molecule has 98 valence electrons. The van der Waals surface area contributed by atoms with Gasteiger partial charge in [-0.1, -0.05) is 6.07 Å². The number of carbonyl (C=O) groups excluding carboxylic acids is 1. The number of carboxylic acid groups (broad SMARTS) is 1. The number of nitrogens with one attached hydrogen (secondary N) is 2. The number of nitrogens with zero attached hydrogens (tertiary/aromatic N) is 1. The van der Waals surface area contributed by atoms with Crippen molar-refractivity contribution in [1.82, 2.24) is 15.6 Å². The number of carbonyl (C=O) groups is 2. The van der Waals surface area contributed by atoms with Gasteiger partial charge in [0.05, 0.1) is 12.2 Å². The Balaban J connectivity index is 2.17. The van der Waals surface area contributed by atoms with Crippen molar-refractivity contribution >= 4 is 12.0 Å². The molecule has 1 rings (SSSR count). The first-order valence-corrected chi connectivity index (χ1v) is 5.42. The number of carboxylic acids is 1. The number of urea groups is 1. The first-order chi connectivity index (χ1) is 8.59. The SMILES string of the molecule is O=C(NCC[C@H](O)C(=O)O)NCc1ccccn1. The summed E-state index contributed by atoms with van der Waals surface area (Å²) < 4.78 is 0. The molecule has 0 aliphatic carbocycles. The summed E-state index contributed by atoms with van der Waals surface area (Å²) in [7, 11) is 0.